The standard InChI is InChI=1S/C10H9N.6C2H6.4Y/c1-8-4-2-5-9-6-3-7-11-10(8)9;6*1-2;;;;/h2-7H,1H3;6*1-2H3;;;;. The van der Waals surface area contributed by atoms with Gasteiger partial charge in [-0.3, -0.25) is 4.98 Å². The minimum Gasteiger partial charge on any atom is -0.256 e. The zero-order chi connectivity index (χ0) is 19.7. The van der Waals surface area contributed by atoms with Crippen molar-refractivity contribution in [2.75, 3.05) is 0 Å². The number of hydrogen-bond acceptors (Lipinski definition) is 1. The predicted molar refractivity (Wildman–Crippen MR) is 115 cm³/mol. The van der Waals surface area contributed by atoms with Crippen LogP contribution in [0.3, 0.4) is 0 Å². The van der Waals surface area contributed by atoms with Crippen LogP contribution in [0.1, 0.15) is 88.6 Å². The molecule has 0 amide bonds. The second-order valence-corrected chi connectivity index (χ2v) is 2.65. The molecule has 0 spiro atoms. The molecule has 2 aromatic rings. The Labute approximate surface area is 274 Å². The number of rotatable bonds is 0. The number of nitrogens with zero attached hydrogens (tertiary/aromatic N) is 1. The summed E-state index contributed by atoms with van der Waals surface area (Å²) >= 11 is 0. The Balaban J connectivity index is -0.0000000255. The van der Waals surface area contributed by atoms with Gasteiger partial charge in [0, 0.05) is 142 Å². The van der Waals surface area contributed by atoms with Gasteiger partial charge >= 0.3 is 0 Å². The van der Waals surface area contributed by atoms with E-state index < -0.39 is 0 Å². The molecule has 1 heterocycles. The van der Waals surface area contributed by atoms with Gasteiger partial charge in [0.2, 0.25) is 0 Å². The van der Waals surface area contributed by atoms with Crippen molar-refractivity contribution in [2.45, 2.75) is 90.0 Å². The van der Waals surface area contributed by atoms with Crippen LogP contribution in [0.2, 0.25) is 0 Å². The topological polar surface area (TPSA) is 12.9 Å². The van der Waals surface area contributed by atoms with Crippen LogP contribution in [0.15, 0.2) is 36.5 Å². The first-order valence-corrected chi connectivity index (χ1v) is 9.68. The van der Waals surface area contributed by atoms with E-state index >= 15 is 0 Å². The van der Waals surface area contributed by atoms with E-state index in [2.05, 4.69) is 36.2 Å². The molecule has 1 nitrogen and oxygen atoms in total. The van der Waals surface area contributed by atoms with Gasteiger partial charge in [0.25, 0.3) is 0 Å². The maximum atomic E-state index is 4.28. The maximum Gasteiger partial charge on any atom is 0.0731 e. The van der Waals surface area contributed by atoms with Crippen molar-refractivity contribution in [3.63, 3.8) is 0 Å². The molecule has 0 aliphatic carbocycles. The molecule has 5 heteroatoms. The Kier molecular flexibility index (Phi) is 133. The molecule has 0 fully saturated rings. The van der Waals surface area contributed by atoms with Crippen molar-refractivity contribution in [1.82, 2.24) is 4.98 Å². The molecule has 0 bridgehead atoms. The maximum absolute atomic E-state index is 4.28. The third kappa shape index (κ3) is 36.7. The van der Waals surface area contributed by atoms with Gasteiger partial charge in [-0.1, -0.05) is 107 Å². The number of hydrogen-bond donors (Lipinski definition) is 0. The zero-order valence-corrected chi connectivity index (χ0v) is 32.1. The second-order valence-electron chi connectivity index (χ2n) is 2.65. The van der Waals surface area contributed by atoms with Gasteiger partial charge in [0.05, 0.1) is 5.52 Å². The molecule has 150 valence electrons. The van der Waals surface area contributed by atoms with Crippen LogP contribution in [0.4, 0.5) is 0 Å². The SMILES string of the molecule is CC.CC.CC.CC.CC.CC.Cc1cccc2cccnc12.[Y].[Y].[Y].[Y]. The number of benzene rings is 1. The molecule has 0 aliphatic rings. The molecule has 1 aromatic carbocycles. The molecule has 0 atom stereocenters. The number of aryl methyl sites for hydroxylation is 1. The summed E-state index contributed by atoms with van der Waals surface area (Å²) in [5, 5.41) is 1.22. The molecule has 0 aliphatic heterocycles. The van der Waals surface area contributed by atoms with E-state index in [1.54, 1.807) is 0 Å². The van der Waals surface area contributed by atoms with E-state index in [1.165, 1.54) is 10.9 Å². The fraction of sp³-hybridized carbons (Fsp3) is 0.591. The van der Waals surface area contributed by atoms with E-state index in [1.807, 2.05) is 95.3 Å². The molecule has 27 heavy (non-hydrogen) atoms. The van der Waals surface area contributed by atoms with Crippen molar-refractivity contribution in [2.24, 2.45) is 0 Å². The number of pyridine rings is 1. The van der Waals surface area contributed by atoms with Crippen LogP contribution in [0, 0.1) is 6.92 Å². The van der Waals surface area contributed by atoms with E-state index in [0.29, 0.717) is 0 Å². The van der Waals surface area contributed by atoms with E-state index in [4.69, 9.17) is 0 Å². The van der Waals surface area contributed by atoms with Crippen LogP contribution in [0.25, 0.3) is 10.9 Å². The minimum absolute atomic E-state index is 0. The Morgan fingerprint density at radius 3 is 1.19 bits per heavy atom. The summed E-state index contributed by atoms with van der Waals surface area (Å²) < 4.78 is 0. The van der Waals surface area contributed by atoms with Gasteiger partial charge in [-0.05, 0) is 18.6 Å². The molecular formula is C22H45NY4. The average molecular weight is 679 g/mol. The summed E-state index contributed by atoms with van der Waals surface area (Å²) in [6.07, 6.45) is 1.83. The number of aromatic nitrogens is 1. The first-order chi connectivity index (χ1) is 11.4. The van der Waals surface area contributed by atoms with Gasteiger partial charge in [-0.15, -0.1) is 0 Å². The molecule has 2 rings (SSSR count). The van der Waals surface area contributed by atoms with E-state index in [9.17, 15) is 0 Å². The van der Waals surface area contributed by atoms with Crippen LogP contribution < -0.4 is 0 Å². The Morgan fingerprint density at radius 2 is 0.852 bits per heavy atom. The first kappa shape index (κ1) is 57.2. The largest absolute Gasteiger partial charge is 0.256 e. The third-order valence-electron chi connectivity index (χ3n) is 1.83. The molecular weight excluding hydrogens is 634 g/mol. The van der Waals surface area contributed by atoms with Gasteiger partial charge < -0.3 is 0 Å². The molecule has 0 unspecified atom stereocenters. The third-order valence-corrected chi connectivity index (χ3v) is 1.83. The fourth-order valence-corrected chi connectivity index (χ4v) is 1.26. The average Bonchev–Trinajstić information content (AvgIpc) is 2.72. The van der Waals surface area contributed by atoms with Crippen LogP contribution in [-0.4, -0.2) is 4.98 Å². The normalized spacial score (nSPS) is 5.52. The smallest absolute Gasteiger partial charge is 0.0731 e. The quantitative estimate of drug-likeness (QED) is 0.272. The second kappa shape index (κ2) is 63.0. The Morgan fingerprint density at radius 1 is 0.519 bits per heavy atom. The van der Waals surface area contributed by atoms with Gasteiger partial charge in [0.1, 0.15) is 0 Å². The van der Waals surface area contributed by atoms with E-state index in [0.717, 1.165) is 5.52 Å². The minimum atomic E-state index is 0. The summed E-state index contributed by atoms with van der Waals surface area (Å²) in [6.45, 7) is 26.1. The number of fused-ring (bicyclic) bond motifs is 1. The Hall–Kier alpha value is 3.05. The van der Waals surface area contributed by atoms with E-state index in [-0.39, 0.29) is 131 Å². The van der Waals surface area contributed by atoms with Crippen molar-refractivity contribution < 1.29 is 131 Å². The predicted octanol–water partition coefficient (Wildman–Crippen LogP) is 8.69. The Bertz CT molecular complexity index is 391. The van der Waals surface area contributed by atoms with Gasteiger partial charge in [-0.2, -0.15) is 0 Å². The zero-order valence-electron chi connectivity index (χ0n) is 20.7. The van der Waals surface area contributed by atoms with Gasteiger partial charge in [0.15, 0.2) is 0 Å². The molecule has 1 aromatic heterocycles. The summed E-state index contributed by atoms with van der Waals surface area (Å²) in [6, 6.07) is 10.3. The summed E-state index contributed by atoms with van der Waals surface area (Å²) in [7, 11) is 0. The van der Waals surface area contributed by atoms with Crippen LogP contribution in [0.5, 0.6) is 0 Å². The molecule has 4 radical (unpaired) electrons. The van der Waals surface area contributed by atoms with Crippen molar-refractivity contribution in [3.05, 3.63) is 42.1 Å². The summed E-state index contributed by atoms with van der Waals surface area (Å²) in [5.41, 5.74) is 2.35. The van der Waals surface area contributed by atoms with Crippen molar-refractivity contribution >= 4 is 10.9 Å². The number of para-hydroxylation sites is 1. The fourth-order valence-electron chi connectivity index (χ4n) is 1.26. The van der Waals surface area contributed by atoms with Crippen molar-refractivity contribution in [3.8, 4) is 0 Å². The molecule has 0 saturated heterocycles. The summed E-state index contributed by atoms with van der Waals surface area (Å²) in [5.74, 6) is 0. The van der Waals surface area contributed by atoms with Crippen LogP contribution >= 0.6 is 0 Å². The monoisotopic (exact) mass is 679 g/mol. The molecule has 0 N–H and O–H groups in total. The molecule has 0 saturated carbocycles. The van der Waals surface area contributed by atoms with Gasteiger partial charge in [-0.25, -0.2) is 0 Å². The first-order valence-electron chi connectivity index (χ1n) is 9.68. The van der Waals surface area contributed by atoms with Crippen LogP contribution in [-0.2, 0) is 131 Å². The van der Waals surface area contributed by atoms with Crippen molar-refractivity contribution in [1.29, 1.82) is 0 Å². The summed E-state index contributed by atoms with van der Waals surface area (Å²) in [4.78, 5) is 4.28.